The number of phosphoric acid groups is 1. The number of Topliss-reactive ketones (excluding diaryl/α,β-unsaturated/α-hetero) is 1. The number of ketones is 1. The highest BCUT2D eigenvalue weighted by molar-refractivity contribution is 7.45. The largest absolute Gasteiger partial charge is 0.482 e. The van der Waals surface area contributed by atoms with Crippen molar-refractivity contribution in [2.45, 2.75) is 25.7 Å². The minimum Gasteiger partial charge on any atom is -0.482 e. The van der Waals surface area contributed by atoms with Crippen LogP contribution in [0.15, 0.2) is 75.9 Å². The zero-order valence-corrected chi connectivity index (χ0v) is 25.0. The Morgan fingerprint density at radius 3 is 2.07 bits per heavy atom. The van der Waals surface area contributed by atoms with Gasteiger partial charge in [-0.3, -0.25) is 14.6 Å². The number of dihydropyridines is 1. The lowest BCUT2D eigenvalue weighted by molar-refractivity contribution is -0.112. The Balaban J connectivity index is 0.000000652. The van der Waals surface area contributed by atoms with Crippen molar-refractivity contribution in [2.75, 3.05) is 51.7 Å². The lowest BCUT2D eigenvalue weighted by atomic mass is 9.94. The molecule has 2 fully saturated rings. The molecule has 0 saturated carbocycles. The number of ether oxygens (including phenoxy) is 1. The number of hydrogen-bond donors (Lipinski definition) is 5. The van der Waals surface area contributed by atoms with Crippen molar-refractivity contribution in [1.82, 2.24) is 15.1 Å². The molecule has 0 atom stereocenters. The van der Waals surface area contributed by atoms with Crippen molar-refractivity contribution < 1.29 is 28.8 Å². The molecule has 224 valence electrons. The molecule has 1 aromatic rings. The zero-order valence-electron chi connectivity index (χ0n) is 23.3. The SMILES string of the molecule is COC1=CC=C2Nc3cc(Cl)ccc3C(N=C3C=C(CN4CCCC4)C(=O)C(CN4CCCC4)=C3)=C2N1.O=P(O)(O)O. The Hall–Kier alpha value is -3.02. The molecule has 5 N–H and O–H groups in total. The fraction of sp³-hybridized carbons (Fsp3) is 0.379. The van der Waals surface area contributed by atoms with E-state index in [0.29, 0.717) is 24.0 Å². The number of methoxy groups -OCH3 is 1. The number of anilines is 1. The molecule has 0 aromatic heterocycles. The van der Waals surface area contributed by atoms with Gasteiger partial charge in [-0.2, -0.15) is 0 Å². The number of benzene rings is 1. The second-order valence-corrected chi connectivity index (χ2v) is 12.1. The Morgan fingerprint density at radius 2 is 1.52 bits per heavy atom. The molecule has 0 amide bonds. The number of nitrogens with one attached hydrogen (secondary N) is 2. The smallest absolute Gasteiger partial charge is 0.466 e. The lowest BCUT2D eigenvalue weighted by Gasteiger charge is -2.29. The van der Waals surface area contributed by atoms with E-state index in [2.05, 4.69) is 20.4 Å². The summed E-state index contributed by atoms with van der Waals surface area (Å²) in [7, 11) is -3.00. The molecule has 1 aliphatic carbocycles. The maximum atomic E-state index is 13.6. The fourth-order valence-electron chi connectivity index (χ4n) is 5.63. The van der Waals surface area contributed by atoms with E-state index in [1.807, 2.05) is 42.5 Å². The third kappa shape index (κ3) is 7.67. The third-order valence-electron chi connectivity index (χ3n) is 7.54. The fourth-order valence-corrected chi connectivity index (χ4v) is 5.81. The predicted octanol–water partition coefficient (Wildman–Crippen LogP) is 3.55. The second-order valence-electron chi connectivity index (χ2n) is 10.7. The van der Waals surface area contributed by atoms with Crippen LogP contribution < -0.4 is 10.6 Å². The van der Waals surface area contributed by atoms with E-state index < -0.39 is 7.82 Å². The number of aliphatic imine (C=N–C) groups is 1. The molecule has 11 nitrogen and oxygen atoms in total. The third-order valence-corrected chi connectivity index (χ3v) is 7.77. The van der Waals surface area contributed by atoms with E-state index in [-0.39, 0.29) is 5.78 Å². The van der Waals surface area contributed by atoms with Crippen LogP contribution in [0.2, 0.25) is 5.02 Å². The van der Waals surface area contributed by atoms with Crippen molar-refractivity contribution in [3.63, 3.8) is 0 Å². The van der Waals surface area contributed by atoms with Crippen LogP contribution in [0.4, 0.5) is 5.69 Å². The van der Waals surface area contributed by atoms with Gasteiger partial charge in [0.1, 0.15) is 0 Å². The Bertz CT molecular complexity index is 1430. The lowest BCUT2D eigenvalue weighted by Crippen LogP contribution is -2.32. The van der Waals surface area contributed by atoms with Crippen molar-refractivity contribution in [3.05, 3.63) is 81.5 Å². The monoisotopic (exact) mass is 615 g/mol. The number of likely N-dealkylation sites (tertiary alicyclic amines) is 2. The van der Waals surface area contributed by atoms with E-state index in [9.17, 15) is 4.79 Å². The van der Waals surface area contributed by atoms with Crippen LogP contribution in [0.3, 0.4) is 0 Å². The summed E-state index contributed by atoms with van der Waals surface area (Å²) in [5.74, 6) is 0.805. The van der Waals surface area contributed by atoms with Gasteiger partial charge in [-0.1, -0.05) is 11.6 Å². The van der Waals surface area contributed by atoms with Crippen LogP contribution in [-0.2, 0) is 14.1 Å². The first-order chi connectivity index (χ1) is 20.1. The van der Waals surface area contributed by atoms with E-state index in [1.54, 1.807) is 7.11 Å². The molecule has 4 aliphatic heterocycles. The first-order valence-corrected chi connectivity index (χ1v) is 15.8. The zero-order chi connectivity index (χ0) is 29.9. The summed E-state index contributed by atoms with van der Waals surface area (Å²) in [6.45, 7) is 5.52. The number of fused-ring (bicyclic) bond motifs is 2. The van der Waals surface area contributed by atoms with E-state index in [4.69, 9.17) is 40.6 Å². The number of halogens is 1. The average Bonchev–Trinajstić information content (AvgIpc) is 3.64. The van der Waals surface area contributed by atoms with Crippen LogP contribution in [0, 0.1) is 0 Å². The van der Waals surface area contributed by atoms with Gasteiger partial charge in [0.2, 0.25) is 0 Å². The number of nitrogens with zero attached hydrogens (tertiary/aromatic N) is 3. The predicted molar refractivity (Wildman–Crippen MR) is 163 cm³/mol. The summed E-state index contributed by atoms with van der Waals surface area (Å²) in [5, 5.41) is 7.49. The number of carbonyl (C=O) groups excluding carboxylic acids is 1. The number of allylic oxidation sites excluding steroid dienone is 4. The summed E-state index contributed by atoms with van der Waals surface area (Å²) in [4.78, 5) is 45.1. The minimum atomic E-state index is -4.64. The maximum absolute atomic E-state index is 13.6. The van der Waals surface area contributed by atoms with Gasteiger partial charge in [-0.25, -0.2) is 9.56 Å². The van der Waals surface area contributed by atoms with Gasteiger partial charge in [0.05, 0.1) is 29.9 Å². The average molecular weight is 616 g/mol. The molecule has 42 heavy (non-hydrogen) atoms. The normalized spacial score (nSPS) is 20.7. The van der Waals surface area contributed by atoms with Crippen LogP contribution in [0.25, 0.3) is 5.70 Å². The Labute approximate surface area is 249 Å². The molecule has 6 rings (SSSR count). The van der Waals surface area contributed by atoms with Crippen LogP contribution in [0.1, 0.15) is 31.2 Å². The molecule has 13 heteroatoms. The molecule has 4 heterocycles. The number of rotatable bonds is 6. The van der Waals surface area contributed by atoms with Gasteiger partial charge < -0.3 is 30.1 Å². The summed E-state index contributed by atoms with van der Waals surface area (Å²) in [5.41, 5.74) is 6.81. The Morgan fingerprint density at radius 1 is 0.952 bits per heavy atom. The quantitative estimate of drug-likeness (QED) is 0.238. The van der Waals surface area contributed by atoms with E-state index in [0.717, 1.165) is 71.4 Å². The molecule has 0 bridgehead atoms. The molecular weight excluding hydrogens is 581 g/mol. The Kier molecular flexibility index (Phi) is 9.49. The summed E-state index contributed by atoms with van der Waals surface area (Å²) in [6.07, 6.45) is 12.6. The molecule has 0 radical (unpaired) electrons. The number of carbonyl (C=O) groups is 1. The second kappa shape index (κ2) is 13.1. The van der Waals surface area contributed by atoms with Crippen molar-refractivity contribution in [2.24, 2.45) is 4.99 Å². The van der Waals surface area contributed by atoms with Crippen molar-refractivity contribution in [3.8, 4) is 0 Å². The molecule has 2 saturated heterocycles. The molecular formula is C29H35ClN5O6P. The van der Waals surface area contributed by atoms with Crippen LogP contribution >= 0.6 is 19.4 Å². The molecule has 0 spiro atoms. The van der Waals surface area contributed by atoms with Gasteiger partial charge in [0.25, 0.3) is 0 Å². The first-order valence-electron chi connectivity index (χ1n) is 13.9. The van der Waals surface area contributed by atoms with Crippen molar-refractivity contribution in [1.29, 1.82) is 0 Å². The summed E-state index contributed by atoms with van der Waals surface area (Å²) in [6, 6.07) is 5.77. The summed E-state index contributed by atoms with van der Waals surface area (Å²) < 4.78 is 14.4. The highest BCUT2D eigenvalue weighted by Gasteiger charge is 2.29. The van der Waals surface area contributed by atoms with Crippen LogP contribution in [0.5, 0.6) is 0 Å². The van der Waals surface area contributed by atoms with E-state index in [1.165, 1.54) is 25.7 Å². The van der Waals surface area contributed by atoms with Crippen LogP contribution in [-0.4, -0.2) is 82.4 Å². The number of hydrogen-bond acceptors (Lipinski definition) is 8. The minimum absolute atomic E-state index is 0.161. The van der Waals surface area contributed by atoms with Gasteiger partial charge in [0, 0.05) is 46.6 Å². The topological polar surface area (TPSA) is 147 Å². The van der Waals surface area contributed by atoms with Gasteiger partial charge in [-0.15, -0.1) is 0 Å². The first kappa shape index (κ1) is 30.4. The van der Waals surface area contributed by atoms with Gasteiger partial charge >= 0.3 is 7.82 Å². The highest BCUT2D eigenvalue weighted by atomic mass is 35.5. The maximum Gasteiger partial charge on any atom is 0.466 e. The standard InChI is InChI=1S/C29H32ClN5O2.H3O4P/c1-37-26-9-8-24-28(33-26)27(23-7-6-21(30)16-25(23)32-24)31-22-14-19(17-34-10-2-3-11-34)29(36)20(15-22)18-35-12-4-5-13-35;1-5(2,3)4/h6-9,14-16,32-33H,2-5,10-13,17-18H2,1H3;(H3,1,2,3,4). The van der Waals surface area contributed by atoms with Gasteiger partial charge in [-0.05, 0) is 88.3 Å². The molecule has 1 aromatic carbocycles. The molecule has 5 aliphatic rings. The highest BCUT2D eigenvalue weighted by Crippen LogP contribution is 2.39. The molecule has 0 unspecified atom stereocenters. The van der Waals surface area contributed by atoms with Crippen molar-refractivity contribution >= 4 is 42.3 Å². The van der Waals surface area contributed by atoms with E-state index >= 15 is 0 Å². The van der Waals surface area contributed by atoms with Gasteiger partial charge in [0.15, 0.2) is 11.7 Å². The summed E-state index contributed by atoms with van der Waals surface area (Å²) >= 11 is 6.33.